The van der Waals surface area contributed by atoms with E-state index in [1.807, 2.05) is 17.8 Å². The normalized spacial score (nSPS) is 20.9. The molecular weight excluding hydrogens is 356 g/mol. The van der Waals surface area contributed by atoms with Gasteiger partial charge in [-0.25, -0.2) is 0 Å². The average Bonchev–Trinajstić information content (AvgIpc) is 2.49. The molecule has 21 heavy (non-hydrogen) atoms. The highest BCUT2D eigenvalue weighted by Crippen LogP contribution is 2.38. The predicted octanol–water partition coefficient (Wildman–Crippen LogP) is 2.25. The largest absolute Gasteiger partial charge is 0.486 e. The minimum absolute atomic E-state index is 0.00683. The first-order chi connectivity index (χ1) is 10.2. The molecule has 0 spiro atoms. The Balaban J connectivity index is 1.65. The topological polar surface area (TPSA) is 59.6 Å². The molecule has 1 aromatic carbocycles. The maximum atomic E-state index is 12.1. The molecule has 114 valence electrons. The molecule has 1 fully saturated rings. The van der Waals surface area contributed by atoms with Crippen molar-refractivity contribution < 1.29 is 14.3 Å². The van der Waals surface area contributed by atoms with Crippen molar-refractivity contribution in [1.29, 1.82) is 0 Å². The van der Waals surface area contributed by atoms with Crippen molar-refractivity contribution in [2.45, 2.75) is 12.5 Å². The molecule has 0 saturated carbocycles. The lowest BCUT2D eigenvalue weighted by Gasteiger charge is -2.23. The molecule has 1 saturated heterocycles. The van der Waals surface area contributed by atoms with E-state index in [1.54, 1.807) is 6.07 Å². The molecule has 3 rings (SSSR count). The van der Waals surface area contributed by atoms with Crippen molar-refractivity contribution in [1.82, 2.24) is 5.32 Å². The van der Waals surface area contributed by atoms with E-state index in [2.05, 4.69) is 26.6 Å². The Hall–Kier alpha value is -0.920. The third-order valence-corrected chi connectivity index (χ3v) is 5.12. The Morgan fingerprint density at radius 1 is 1.38 bits per heavy atom. The number of hydrogen-bond acceptors (Lipinski definition) is 5. The monoisotopic (exact) mass is 372 g/mol. The number of ether oxygens (including phenoxy) is 2. The molecule has 0 aromatic heterocycles. The second-order valence-electron chi connectivity index (χ2n) is 4.95. The summed E-state index contributed by atoms with van der Waals surface area (Å²) in [6.07, 6.45) is 0.480. The Labute approximate surface area is 136 Å². The molecule has 0 radical (unpaired) electrons. The van der Waals surface area contributed by atoms with Crippen LogP contribution in [-0.2, 0) is 4.79 Å². The number of fused-ring (bicyclic) bond motifs is 1. The van der Waals surface area contributed by atoms with E-state index < -0.39 is 0 Å². The molecule has 2 N–H and O–H groups in total. The molecule has 1 unspecified atom stereocenters. The minimum atomic E-state index is 0.00683. The van der Waals surface area contributed by atoms with Gasteiger partial charge in [0.05, 0.1) is 5.69 Å². The van der Waals surface area contributed by atoms with Gasteiger partial charge < -0.3 is 20.1 Å². The molecule has 2 heterocycles. The Morgan fingerprint density at radius 2 is 2.14 bits per heavy atom. The van der Waals surface area contributed by atoms with Gasteiger partial charge in [-0.05, 0) is 15.9 Å². The fourth-order valence-corrected chi connectivity index (χ4v) is 3.71. The standard InChI is InChI=1S/C14H17BrN2O3S/c15-10-6-12-13(20-3-2-19-12)7-11(10)17-14(18)5-9-8-21-4-1-16-9/h6-7,9,16H,1-5,8H2,(H,17,18). The Morgan fingerprint density at radius 3 is 2.86 bits per heavy atom. The number of nitrogens with one attached hydrogen (secondary N) is 2. The summed E-state index contributed by atoms with van der Waals surface area (Å²) in [5, 5.41) is 6.30. The molecule has 2 aliphatic rings. The van der Waals surface area contributed by atoms with Gasteiger partial charge in [0, 0.05) is 47.1 Å². The van der Waals surface area contributed by atoms with Crippen LogP contribution in [0, 0.1) is 0 Å². The Kier molecular flexibility index (Phi) is 4.92. The van der Waals surface area contributed by atoms with Gasteiger partial charge in [0.25, 0.3) is 0 Å². The first-order valence-corrected chi connectivity index (χ1v) is 8.87. The maximum Gasteiger partial charge on any atom is 0.226 e. The predicted molar refractivity (Wildman–Crippen MR) is 87.5 cm³/mol. The lowest BCUT2D eigenvalue weighted by atomic mass is 10.2. The lowest BCUT2D eigenvalue weighted by molar-refractivity contribution is -0.116. The zero-order chi connectivity index (χ0) is 14.7. The van der Waals surface area contributed by atoms with Gasteiger partial charge in [-0.3, -0.25) is 4.79 Å². The van der Waals surface area contributed by atoms with E-state index in [4.69, 9.17) is 9.47 Å². The summed E-state index contributed by atoms with van der Waals surface area (Å²) >= 11 is 5.34. The van der Waals surface area contributed by atoms with Crippen LogP contribution >= 0.6 is 27.7 Å². The van der Waals surface area contributed by atoms with Crippen molar-refractivity contribution in [3.05, 3.63) is 16.6 Å². The van der Waals surface area contributed by atoms with Crippen molar-refractivity contribution in [2.24, 2.45) is 0 Å². The van der Waals surface area contributed by atoms with Gasteiger partial charge in [0.15, 0.2) is 11.5 Å². The first-order valence-electron chi connectivity index (χ1n) is 6.92. The first kappa shape index (κ1) is 15.0. The van der Waals surface area contributed by atoms with E-state index in [0.29, 0.717) is 36.8 Å². The smallest absolute Gasteiger partial charge is 0.226 e. The molecule has 7 heteroatoms. The number of carbonyl (C=O) groups is 1. The van der Waals surface area contributed by atoms with Gasteiger partial charge in [0.2, 0.25) is 5.91 Å². The molecule has 0 aliphatic carbocycles. The molecule has 1 aromatic rings. The number of amides is 1. The highest BCUT2D eigenvalue weighted by atomic mass is 79.9. The summed E-state index contributed by atoms with van der Waals surface area (Å²) in [4.78, 5) is 12.1. The second-order valence-corrected chi connectivity index (χ2v) is 6.96. The van der Waals surface area contributed by atoms with E-state index in [1.165, 1.54) is 0 Å². The number of benzene rings is 1. The lowest BCUT2D eigenvalue weighted by Crippen LogP contribution is -2.39. The van der Waals surface area contributed by atoms with Crippen LogP contribution in [-0.4, -0.2) is 43.2 Å². The SMILES string of the molecule is O=C(CC1CSCCN1)Nc1cc2c(cc1Br)OCCO2. The summed E-state index contributed by atoms with van der Waals surface area (Å²) in [5.41, 5.74) is 0.715. The second kappa shape index (κ2) is 6.89. The van der Waals surface area contributed by atoms with Gasteiger partial charge in [-0.1, -0.05) is 0 Å². The van der Waals surface area contributed by atoms with Gasteiger partial charge in [0.1, 0.15) is 13.2 Å². The van der Waals surface area contributed by atoms with E-state index in [9.17, 15) is 4.79 Å². The summed E-state index contributed by atoms with van der Waals surface area (Å²) in [6, 6.07) is 3.89. The molecule has 5 nitrogen and oxygen atoms in total. The van der Waals surface area contributed by atoms with Crippen LogP contribution in [0.3, 0.4) is 0 Å². The molecule has 1 amide bonds. The van der Waals surface area contributed by atoms with Crippen LogP contribution in [0.2, 0.25) is 0 Å². The minimum Gasteiger partial charge on any atom is -0.486 e. The van der Waals surface area contributed by atoms with Crippen LogP contribution in [0.5, 0.6) is 11.5 Å². The highest BCUT2D eigenvalue weighted by molar-refractivity contribution is 9.10. The number of thioether (sulfide) groups is 1. The average molecular weight is 373 g/mol. The zero-order valence-corrected chi connectivity index (χ0v) is 13.9. The number of hydrogen-bond donors (Lipinski definition) is 2. The third kappa shape index (κ3) is 3.84. The van der Waals surface area contributed by atoms with Crippen LogP contribution in [0.1, 0.15) is 6.42 Å². The van der Waals surface area contributed by atoms with Crippen LogP contribution in [0.4, 0.5) is 5.69 Å². The van der Waals surface area contributed by atoms with Crippen molar-refractivity contribution in [3.63, 3.8) is 0 Å². The van der Waals surface area contributed by atoms with E-state index in [0.717, 1.165) is 22.5 Å². The third-order valence-electron chi connectivity index (χ3n) is 3.34. The summed E-state index contributed by atoms with van der Waals surface area (Å²) in [5.74, 6) is 3.48. The van der Waals surface area contributed by atoms with E-state index >= 15 is 0 Å². The summed E-state index contributed by atoms with van der Waals surface area (Å²) in [6.45, 7) is 2.05. The van der Waals surface area contributed by atoms with Crippen LogP contribution in [0.25, 0.3) is 0 Å². The van der Waals surface area contributed by atoms with Gasteiger partial charge >= 0.3 is 0 Å². The fourth-order valence-electron chi connectivity index (χ4n) is 2.34. The van der Waals surface area contributed by atoms with Crippen LogP contribution < -0.4 is 20.1 Å². The zero-order valence-electron chi connectivity index (χ0n) is 11.5. The number of halogens is 1. The fraction of sp³-hybridized carbons (Fsp3) is 0.500. The van der Waals surface area contributed by atoms with E-state index in [-0.39, 0.29) is 11.9 Å². The van der Waals surface area contributed by atoms with Crippen molar-refractivity contribution >= 4 is 39.3 Å². The van der Waals surface area contributed by atoms with Crippen LogP contribution in [0.15, 0.2) is 16.6 Å². The van der Waals surface area contributed by atoms with Gasteiger partial charge in [-0.15, -0.1) is 0 Å². The molecule has 2 aliphatic heterocycles. The quantitative estimate of drug-likeness (QED) is 0.851. The molecule has 1 atom stereocenters. The highest BCUT2D eigenvalue weighted by Gasteiger charge is 2.19. The maximum absolute atomic E-state index is 12.1. The Bertz CT molecular complexity index is 535. The molecular formula is C14H17BrN2O3S. The van der Waals surface area contributed by atoms with Crippen molar-refractivity contribution in [2.75, 3.05) is 36.6 Å². The summed E-state index contributed by atoms with van der Waals surface area (Å²) in [7, 11) is 0. The number of rotatable bonds is 3. The van der Waals surface area contributed by atoms with Crippen molar-refractivity contribution in [3.8, 4) is 11.5 Å². The number of carbonyl (C=O) groups excluding carboxylic acids is 1. The number of anilines is 1. The summed E-state index contributed by atoms with van der Waals surface area (Å²) < 4.78 is 11.8. The van der Waals surface area contributed by atoms with Gasteiger partial charge in [-0.2, -0.15) is 11.8 Å². The molecule has 0 bridgehead atoms.